The van der Waals surface area contributed by atoms with Crippen molar-refractivity contribution >= 4 is 6.09 Å². The number of carbonyl (C=O) groups excluding carboxylic acids is 1. The maximum absolute atomic E-state index is 12.3. The van der Waals surface area contributed by atoms with Crippen molar-refractivity contribution in [2.24, 2.45) is 0 Å². The number of aliphatic hydroxyl groups excluding tert-OH is 2. The first-order valence-corrected chi connectivity index (χ1v) is 7.12. The van der Waals surface area contributed by atoms with Gasteiger partial charge in [0.25, 0.3) is 0 Å². The second kappa shape index (κ2) is 7.75. The van der Waals surface area contributed by atoms with Crippen LogP contribution in [0.3, 0.4) is 0 Å². The molecule has 3 N–H and O–H groups in total. The van der Waals surface area contributed by atoms with Crippen LogP contribution in [0.2, 0.25) is 0 Å². The Labute approximate surface area is 136 Å². The van der Waals surface area contributed by atoms with Gasteiger partial charge < -0.3 is 20.3 Å². The summed E-state index contributed by atoms with van der Waals surface area (Å²) in [5.74, 6) is -1.33. The fourth-order valence-electron chi connectivity index (χ4n) is 1.65. The monoisotopic (exact) mass is 351 g/mol. The molecule has 1 rings (SSSR count). The van der Waals surface area contributed by atoms with Gasteiger partial charge >= 0.3 is 12.3 Å². The van der Waals surface area contributed by atoms with E-state index in [1.807, 2.05) is 0 Å². The molecule has 7 nitrogen and oxygen atoms in total. The van der Waals surface area contributed by atoms with E-state index in [9.17, 15) is 28.2 Å². The van der Waals surface area contributed by atoms with Crippen LogP contribution in [-0.4, -0.2) is 44.5 Å². The van der Waals surface area contributed by atoms with Crippen LogP contribution in [0.4, 0.5) is 18.0 Å². The predicted molar refractivity (Wildman–Crippen MR) is 76.9 cm³/mol. The zero-order valence-electron chi connectivity index (χ0n) is 13.5. The lowest BCUT2D eigenvalue weighted by Crippen LogP contribution is -2.34. The number of aliphatic hydroxyl groups is 2. The van der Waals surface area contributed by atoms with Crippen molar-refractivity contribution in [2.45, 2.75) is 51.2 Å². The van der Waals surface area contributed by atoms with Crippen LogP contribution < -0.4 is 5.32 Å². The SMILES string of the molecule is CC(C)(C)OC(=O)NCCC(O)C(O)c1cnc(C(F)(F)F)nc1. The molecule has 0 aliphatic rings. The van der Waals surface area contributed by atoms with E-state index in [-0.39, 0.29) is 18.5 Å². The van der Waals surface area contributed by atoms with Crippen LogP contribution >= 0.6 is 0 Å². The highest BCUT2D eigenvalue weighted by atomic mass is 19.4. The molecule has 1 aromatic heterocycles. The number of rotatable bonds is 5. The summed E-state index contributed by atoms with van der Waals surface area (Å²) in [5, 5.41) is 22.1. The van der Waals surface area contributed by atoms with E-state index in [4.69, 9.17) is 4.74 Å². The second-order valence-electron chi connectivity index (χ2n) is 6.07. The summed E-state index contributed by atoms with van der Waals surface area (Å²) >= 11 is 0. The first kappa shape index (κ1) is 20.1. The van der Waals surface area contributed by atoms with Crippen LogP contribution in [-0.2, 0) is 10.9 Å². The van der Waals surface area contributed by atoms with Crippen LogP contribution in [0.1, 0.15) is 44.7 Å². The van der Waals surface area contributed by atoms with Gasteiger partial charge in [-0.05, 0) is 27.2 Å². The predicted octanol–water partition coefficient (Wildman–Crippen LogP) is 1.80. The zero-order chi connectivity index (χ0) is 18.5. The molecule has 2 unspecified atom stereocenters. The Balaban J connectivity index is 2.50. The van der Waals surface area contributed by atoms with Crippen LogP contribution in [0.25, 0.3) is 0 Å². The van der Waals surface area contributed by atoms with Gasteiger partial charge in [-0.15, -0.1) is 0 Å². The molecule has 1 heterocycles. The smallest absolute Gasteiger partial charge is 0.444 e. The van der Waals surface area contributed by atoms with E-state index < -0.39 is 35.9 Å². The Morgan fingerprint density at radius 2 is 1.79 bits per heavy atom. The lowest BCUT2D eigenvalue weighted by molar-refractivity contribution is -0.145. The van der Waals surface area contributed by atoms with E-state index >= 15 is 0 Å². The lowest BCUT2D eigenvalue weighted by atomic mass is 10.1. The molecule has 0 aliphatic carbocycles. The first-order valence-electron chi connectivity index (χ1n) is 7.12. The van der Waals surface area contributed by atoms with Gasteiger partial charge in [0.15, 0.2) is 0 Å². The molecular weight excluding hydrogens is 331 g/mol. The van der Waals surface area contributed by atoms with Gasteiger partial charge in [0.1, 0.15) is 11.7 Å². The summed E-state index contributed by atoms with van der Waals surface area (Å²) in [6, 6.07) is 0. The number of hydrogen-bond donors (Lipinski definition) is 3. The van der Waals surface area contributed by atoms with Crippen LogP contribution in [0, 0.1) is 0 Å². The summed E-state index contributed by atoms with van der Waals surface area (Å²) in [4.78, 5) is 17.6. The molecule has 1 amide bonds. The summed E-state index contributed by atoms with van der Waals surface area (Å²) < 4.78 is 42.0. The Morgan fingerprint density at radius 3 is 2.25 bits per heavy atom. The lowest BCUT2D eigenvalue weighted by Gasteiger charge is -2.21. The molecule has 0 saturated heterocycles. The third kappa shape index (κ3) is 6.67. The zero-order valence-corrected chi connectivity index (χ0v) is 13.5. The Kier molecular flexibility index (Phi) is 6.50. The van der Waals surface area contributed by atoms with Crippen LogP contribution in [0.5, 0.6) is 0 Å². The minimum absolute atomic E-state index is 0.00856. The molecular formula is C14H20F3N3O4. The average Bonchev–Trinajstić information content (AvgIpc) is 2.43. The fraction of sp³-hybridized carbons (Fsp3) is 0.643. The summed E-state index contributed by atoms with van der Waals surface area (Å²) in [6.07, 6.45) is -6.60. The van der Waals surface area contributed by atoms with Crippen molar-refractivity contribution in [3.8, 4) is 0 Å². The maximum Gasteiger partial charge on any atom is 0.451 e. The normalized spacial score (nSPS) is 14.8. The first-order chi connectivity index (χ1) is 10.9. The van der Waals surface area contributed by atoms with Gasteiger partial charge in [0.05, 0.1) is 6.10 Å². The van der Waals surface area contributed by atoms with Crippen molar-refractivity contribution in [3.63, 3.8) is 0 Å². The number of carbonyl (C=O) groups is 1. The minimum atomic E-state index is -4.68. The molecule has 0 saturated carbocycles. The summed E-state index contributed by atoms with van der Waals surface area (Å²) in [7, 11) is 0. The minimum Gasteiger partial charge on any atom is -0.444 e. The average molecular weight is 351 g/mol. The van der Waals surface area contributed by atoms with Gasteiger partial charge in [-0.25, -0.2) is 14.8 Å². The highest BCUT2D eigenvalue weighted by Crippen LogP contribution is 2.26. The van der Waals surface area contributed by atoms with Crippen molar-refractivity contribution < 1.29 is 32.9 Å². The number of hydrogen-bond acceptors (Lipinski definition) is 6. The topological polar surface area (TPSA) is 105 Å². The van der Waals surface area contributed by atoms with Gasteiger partial charge in [-0.2, -0.15) is 13.2 Å². The molecule has 1 aromatic rings. The Hall–Kier alpha value is -1.94. The molecule has 24 heavy (non-hydrogen) atoms. The maximum atomic E-state index is 12.3. The van der Waals surface area contributed by atoms with Crippen molar-refractivity contribution in [1.29, 1.82) is 0 Å². The molecule has 0 fully saturated rings. The van der Waals surface area contributed by atoms with E-state index in [2.05, 4.69) is 15.3 Å². The van der Waals surface area contributed by atoms with E-state index in [0.717, 1.165) is 12.4 Å². The number of amides is 1. The largest absolute Gasteiger partial charge is 0.451 e. The Bertz CT molecular complexity index is 544. The second-order valence-corrected chi connectivity index (χ2v) is 6.07. The fourth-order valence-corrected chi connectivity index (χ4v) is 1.65. The van der Waals surface area contributed by atoms with Crippen molar-refractivity contribution in [3.05, 3.63) is 23.8 Å². The molecule has 10 heteroatoms. The Morgan fingerprint density at radius 1 is 1.25 bits per heavy atom. The third-order valence-corrected chi connectivity index (χ3v) is 2.74. The van der Waals surface area contributed by atoms with Gasteiger partial charge in [-0.1, -0.05) is 0 Å². The number of alkyl carbamates (subject to hydrolysis) is 1. The number of alkyl halides is 3. The summed E-state index contributed by atoms with van der Waals surface area (Å²) in [6.45, 7) is 5.08. The van der Waals surface area contributed by atoms with Crippen LogP contribution in [0.15, 0.2) is 12.4 Å². The third-order valence-electron chi connectivity index (χ3n) is 2.74. The number of halogens is 3. The number of ether oxygens (including phenoxy) is 1. The number of aromatic nitrogens is 2. The molecule has 0 bridgehead atoms. The molecule has 0 radical (unpaired) electrons. The van der Waals surface area contributed by atoms with Gasteiger partial charge in [-0.3, -0.25) is 0 Å². The van der Waals surface area contributed by atoms with E-state index in [1.54, 1.807) is 20.8 Å². The molecule has 136 valence electrons. The van der Waals surface area contributed by atoms with Crippen molar-refractivity contribution in [1.82, 2.24) is 15.3 Å². The quantitative estimate of drug-likeness (QED) is 0.747. The molecule has 0 aromatic carbocycles. The van der Waals surface area contributed by atoms with Gasteiger partial charge in [0.2, 0.25) is 5.82 Å². The molecule has 0 aliphatic heterocycles. The van der Waals surface area contributed by atoms with E-state index in [1.165, 1.54) is 0 Å². The number of nitrogens with one attached hydrogen (secondary N) is 1. The molecule has 2 atom stereocenters. The molecule has 0 spiro atoms. The van der Waals surface area contributed by atoms with Gasteiger partial charge in [0, 0.05) is 24.5 Å². The van der Waals surface area contributed by atoms with E-state index in [0.29, 0.717) is 0 Å². The highest BCUT2D eigenvalue weighted by Gasteiger charge is 2.34. The van der Waals surface area contributed by atoms with Crippen molar-refractivity contribution in [2.75, 3.05) is 6.54 Å². The highest BCUT2D eigenvalue weighted by molar-refractivity contribution is 5.67. The standard InChI is InChI=1S/C14H20F3N3O4/c1-13(2,3)24-12(23)18-5-4-9(21)10(22)8-6-19-11(20-7-8)14(15,16)17/h6-7,9-10,21-22H,4-5H2,1-3H3,(H,18,23). The summed E-state index contributed by atoms with van der Waals surface area (Å²) in [5.41, 5.74) is -0.729. The number of nitrogens with zero attached hydrogens (tertiary/aromatic N) is 2.